The van der Waals surface area contributed by atoms with E-state index in [1.54, 1.807) is 7.11 Å². The van der Waals surface area contributed by atoms with Crippen LogP contribution in [-0.4, -0.2) is 48.2 Å². The van der Waals surface area contributed by atoms with Gasteiger partial charge in [-0.25, -0.2) is 0 Å². The standard InChI is InChI=1S/C13H21NO4/c1-18-11-4-6-14(7-5-11)12(15)9-2-3-10(8-9)13(16)17/h9-11H,2-8H2,1H3,(H,16,17)/t9-,10+/m1/s1. The zero-order chi connectivity index (χ0) is 13.1. The van der Waals surface area contributed by atoms with Gasteiger partial charge in [-0.2, -0.15) is 0 Å². The summed E-state index contributed by atoms with van der Waals surface area (Å²) in [5.74, 6) is -1.02. The molecule has 5 nitrogen and oxygen atoms in total. The van der Waals surface area contributed by atoms with Crippen LogP contribution in [0.15, 0.2) is 0 Å². The summed E-state index contributed by atoms with van der Waals surface area (Å²) in [6.07, 6.45) is 3.91. The van der Waals surface area contributed by atoms with Gasteiger partial charge in [-0.15, -0.1) is 0 Å². The van der Waals surface area contributed by atoms with Gasteiger partial charge in [0.2, 0.25) is 5.91 Å². The van der Waals surface area contributed by atoms with E-state index in [1.165, 1.54) is 0 Å². The molecule has 1 saturated heterocycles. The Kier molecular flexibility index (Phi) is 4.22. The van der Waals surface area contributed by atoms with Crippen molar-refractivity contribution in [3.8, 4) is 0 Å². The second kappa shape index (κ2) is 5.69. The fourth-order valence-corrected chi connectivity index (χ4v) is 3.00. The van der Waals surface area contributed by atoms with Crippen molar-refractivity contribution in [3.05, 3.63) is 0 Å². The number of nitrogens with zero attached hydrogens (tertiary/aromatic N) is 1. The van der Waals surface area contributed by atoms with E-state index in [9.17, 15) is 9.59 Å². The number of carboxylic acid groups (broad SMARTS) is 1. The molecule has 2 rings (SSSR count). The second-order valence-electron chi connectivity index (χ2n) is 5.31. The Labute approximate surface area is 107 Å². The molecule has 0 aromatic rings. The van der Waals surface area contributed by atoms with Gasteiger partial charge in [0, 0.05) is 26.1 Å². The van der Waals surface area contributed by atoms with Crippen molar-refractivity contribution < 1.29 is 19.4 Å². The number of hydrogen-bond donors (Lipinski definition) is 1. The highest BCUT2D eigenvalue weighted by molar-refractivity contribution is 5.81. The lowest BCUT2D eigenvalue weighted by Gasteiger charge is -2.32. The smallest absolute Gasteiger partial charge is 0.306 e. The number of rotatable bonds is 3. The van der Waals surface area contributed by atoms with Gasteiger partial charge in [-0.3, -0.25) is 9.59 Å². The first-order valence-electron chi connectivity index (χ1n) is 6.66. The molecule has 1 aliphatic carbocycles. The second-order valence-corrected chi connectivity index (χ2v) is 5.31. The molecule has 5 heteroatoms. The molecule has 1 N–H and O–H groups in total. The van der Waals surface area contributed by atoms with Crippen LogP contribution in [0, 0.1) is 11.8 Å². The monoisotopic (exact) mass is 255 g/mol. The summed E-state index contributed by atoms with van der Waals surface area (Å²) in [6.45, 7) is 1.48. The molecule has 18 heavy (non-hydrogen) atoms. The quantitative estimate of drug-likeness (QED) is 0.820. The number of piperidine rings is 1. The van der Waals surface area contributed by atoms with Crippen molar-refractivity contribution in [1.82, 2.24) is 4.90 Å². The lowest BCUT2D eigenvalue weighted by molar-refractivity contribution is -0.142. The van der Waals surface area contributed by atoms with Crippen LogP contribution in [0.5, 0.6) is 0 Å². The highest BCUT2D eigenvalue weighted by Gasteiger charge is 2.36. The number of methoxy groups -OCH3 is 1. The van der Waals surface area contributed by atoms with E-state index in [1.807, 2.05) is 4.90 Å². The van der Waals surface area contributed by atoms with E-state index < -0.39 is 5.97 Å². The number of likely N-dealkylation sites (tertiary alicyclic amines) is 1. The molecule has 1 amide bonds. The first-order chi connectivity index (χ1) is 8.61. The molecule has 0 aromatic carbocycles. The number of ether oxygens (including phenoxy) is 1. The molecule has 0 unspecified atom stereocenters. The Bertz CT molecular complexity index is 323. The zero-order valence-electron chi connectivity index (χ0n) is 10.8. The number of hydrogen-bond acceptors (Lipinski definition) is 3. The molecule has 0 spiro atoms. The van der Waals surface area contributed by atoms with Crippen LogP contribution in [-0.2, 0) is 14.3 Å². The predicted octanol–water partition coefficient (Wildman–Crippen LogP) is 1.12. The number of carbonyl (C=O) groups excluding carboxylic acids is 1. The minimum absolute atomic E-state index is 0.0785. The number of amides is 1. The molecule has 1 heterocycles. The van der Waals surface area contributed by atoms with Gasteiger partial charge in [0.05, 0.1) is 12.0 Å². The van der Waals surface area contributed by atoms with Crippen LogP contribution >= 0.6 is 0 Å². The van der Waals surface area contributed by atoms with Crippen molar-refractivity contribution in [1.29, 1.82) is 0 Å². The maximum atomic E-state index is 12.3. The summed E-state index contributed by atoms with van der Waals surface area (Å²) in [5.41, 5.74) is 0. The van der Waals surface area contributed by atoms with Crippen molar-refractivity contribution in [2.75, 3.05) is 20.2 Å². The van der Waals surface area contributed by atoms with Gasteiger partial charge < -0.3 is 14.7 Å². The summed E-state index contributed by atoms with van der Waals surface area (Å²) in [5, 5.41) is 8.95. The third-order valence-corrected chi connectivity index (χ3v) is 4.22. The fraction of sp³-hybridized carbons (Fsp3) is 0.846. The summed E-state index contributed by atoms with van der Waals surface area (Å²) in [7, 11) is 1.70. The SMILES string of the molecule is COC1CCN(C(=O)[C@@H]2CC[C@H](C(=O)O)C2)CC1. The number of carboxylic acids is 1. The average Bonchev–Trinajstić information content (AvgIpc) is 2.88. The molecule has 2 atom stereocenters. The van der Waals surface area contributed by atoms with Crippen LogP contribution in [0.4, 0.5) is 0 Å². The summed E-state index contributed by atoms with van der Waals surface area (Å²) in [6, 6.07) is 0. The molecule has 1 saturated carbocycles. The molecule has 0 bridgehead atoms. The summed E-state index contributed by atoms with van der Waals surface area (Å²) >= 11 is 0. The maximum Gasteiger partial charge on any atom is 0.306 e. The molecule has 1 aliphatic heterocycles. The number of carbonyl (C=O) groups is 2. The van der Waals surface area contributed by atoms with Gasteiger partial charge in [-0.1, -0.05) is 0 Å². The van der Waals surface area contributed by atoms with Crippen molar-refractivity contribution >= 4 is 11.9 Å². The largest absolute Gasteiger partial charge is 0.481 e. The first-order valence-corrected chi connectivity index (χ1v) is 6.66. The zero-order valence-corrected chi connectivity index (χ0v) is 10.8. The minimum atomic E-state index is -0.761. The Hall–Kier alpha value is -1.10. The Morgan fingerprint density at radius 1 is 1.11 bits per heavy atom. The average molecular weight is 255 g/mol. The van der Waals surface area contributed by atoms with Crippen LogP contribution in [0.2, 0.25) is 0 Å². The highest BCUT2D eigenvalue weighted by atomic mass is 16.5. The van der Waals surface area contributed by atoms with E-state index in [-0.39, 0.29) is 23.8 Å². The molecular weight excluding hydrogens is 234 g/mol. The first kappa shape index (κ1) is 13.3. The fourth-order valence-electron chi connectivity index (χ4n) is 3.00. The molecule has 102 valence electrons. The van der Waals surface area contributed by atoms with Gasteiger partial charge >= 0.3 is 5.97 Å². The normalized spacial score (nSPS) is 29.5. The maximum absolute atomic E-state index is 12.3. The van der Waals surface area contributed by atoms with E-state index in [4.69, 9.17) is 9.84 Å². The van der Waals surface area contributed by atoms with Gasteiger partial charge in [-0.05, 0) is 32.1 Å². The van der Waals surface area contributed by atoms with E-state index in [2.05, 4.69) is 0 Å². The Balaban J connectivity index is 1.84. The Morgan fingerprint density at radius 2 is 1.72 bits per heavy atom. The highest BCUT2D eigenvalue weighted by Crippen LogP contribution is 2.33. The number of aliphatic carboxylic acids is 1. The third kappa shape index (κ3) is 2.83. The summed E-state index contributed by atoms with van der Waals surface area (Å²) in [4.78, 5) is 25.0. The summed E-state index contributed by atoms with van der Waals surface area (Å²) < 4.78 is 5.28. The van der Waals surface area contributed by atoms with Gasteiger partial charge in [0.15, 0.2) is 0 Å². The lowest BCUT2D eigenvalue weighted by Crippen LogP contribution is -2.43. The lowest BCUT2D eigenvalue weighted by atomic mass is 10.0. The van der Waals surface area contributed by atoms with Gasteiger partial charge in [0.1, 0.15) is 0 Å². The molecule has 2 fully saturated rings. The van der Waals surface area contributed by atoms with Gasteiger partial charge in [0.25, 0.3) is 0 Å². The minimum Gasteiger partial charge on any atom is -0.481 e. The van der Waals surface area contributed by atoms with Crippen molar-refractivity contribution in [2.24, 2.45) is 11.8 Å². The van der Waals surface area contributed by atoms with Crippen molar-refractivity contribution in [3.63, 3.8) is 0 Å². The molecular formula is C13H21NO4. The molecule has 0 aromatic heterocycles. The van der Waals surface area contributed by atoms with Crippen LogP contribution in [0.25, 0.3) is 0 Å². The third-order valence-electron chi connectivity index (χ3n) is 4.22. The van der Waals surface area contributed by atoms with E-state index in [0.29, 0.717) is 12.8 Å². The van der Waals surface area contributed by atoms with Crippen LogP contribution in [0.3, 0.4) is 0 Å². The van der Waals surface area contributed by atoms with Crippen LogP contribution < -0.4 is 0 Å². The molecule has 2 aliphatic rings. The van der Waals surface area contributed by atoms with E-state index in [0.717, 1.165) is 32.4 Å². The van der Waals surface area contributed by atoms with E-state index >= 15 is 0 Å². The van der Waals surface area contributed by atoms with Crippen LogP contribution in [0.1, 0.15) is 32.1 Å². The topological polar surface area (TPSA) is 66.8 Å². The predicted molar refractivity (Wildman–Crippen MR) is 65.1 cm³/mol. The van der Waals surface area contributed by atoms with Crippen molar-refractivity contribution in [2.45, 2.75) is 38.2 Å². The Morgan fingerprint density at radius 3 is 2.22 bits per heavy atom. The molecule has 0 radical (unpaired) electrons.